The second kappa shape index (κ2) is 12.9. The quantitative estimate of drug-likeness (QED) is 0.470. The second-order valence-electron chi connectivity index (χ2n) is 7.42. The minimum Gasteiger partial charge on any atom is -0.382 e. The van der Waals surface area contributed by atoms with Crippen LogP contribution in [-0.4, -0.2) is 59.0 Å². The number of carbonyl (C=O) groups excluding carboxylic acids is 2. The van der Waals surface area contributed by atoms with Gasteiger partial charge in [-0.3, -0.25) is 9.59 Å². The average Bonchev–Trinajstić information content (AvgIpc) is 3.17. The van der Waals surface area contributed by atoms with Gasteiger partial charge in [-0.1, -0.05) is 31.5 Å². The zero-order chi connectivity index (χ0) is 21.8. The van der Waals surface area contributed by atoms with Gasteiger partial charge < -0.3 is 19.1 Å². The van der Waals surface area contributed by atoms with Crippen LogP contribution in [0.2, 0.25) is 0 Å². The molecule has 0 saturated carbocycles. The van der Waals surface area contributed by atoms with E-state index in [1.165, 1.54) is 0 Å². The van der Waals surface area contributed by atoms with Crippen molar-refractivity contribution in [3.8, 4) is 0 Å². The second-order valence-corrected chi connectivity index (χ2v) is 7.42. The highest BCUT2D eigenvalue weighted by Gasteiger charge is 2.22. The summed E-state index contributed by atoms with van der Waals surface area (Å²) in [4.78, 5) is 29.8. The van der Waals surface area contributed by atoms with E-state index in [1.54, 1.807) is 17.0 Å². The maximum atomic E-state index is 13.2. The van der Waals surface area contributed by atoms with Crippen LogP contribution in [0.25, 0.3) is 0 Å². The maximum Gasteiger partial charge on any atom is 0.254 e. The zero-order valence-corrected chi connectivity index (χ0v) is 18.5. The summed E-state index contributed by atoms with van der Waals surface area (Å²) >= 11 is 0. The molecule has 30 heavy (non-hydrogen) atoms. The summed E-state index contributed by atoms with van der Waals surface area (Å²) < 4.78 is 7.45. The summed E-state index contributed by atoms with van der Waals surface area (Å²) in [7, 11) is 1.98. The molecule has 0 aliphatic heterocycles. The summed E-state index contributed by atoms with van der Waals surface area (Å²) in [6.45, 7) is 7.09. The Hall–Kier alpha value is -2.60. The molecule has 0 aliphatic rings. The summed E-state index contributed by atoms with van der Waals surface area (Å²) in [6.07, 6.45) is 4.63. The lowest BCUT2D eigenvalue weighted by molar-refractivity contribution is -0.132. The number of ether oxygens (including phenoxy) is 1. The number of hydrogen-bond donors (Lipinski definition) is 0. The van der Waals surface area contributed by atoms with E-state index in [0.29, 0.717) is 44.8 Å². The van der Waals surface area contributed by atoms with Crippen molar-refractivity contribution in [3.63, 3.8) is 0 Å². The van der Waals surface area contributed by atoms with Crippen molar-refractivity contribution in [3.05, 3.63) is 59.9 Å². The number of nitrogens with zero attached hydrogens (tertiary/aromatic N) is 3. The molecule has 0 aliphatic carbocycles. The van der Waals surface area contributed by atoms with Crippen molar-refractivity contribution >= 4 is 11.8 Å². The molecule has 1 heterocycles. The molecule has 0 atom stereocenters. The smallest absolute Gasteiger partial charge is 0.254 e. The molecule has 0 bridgehead atoms. The number of unbranched alkanes of at least 4 members (excludes halogenated alkanes) is 1. The standard InChI is InChI=1S/C24H35N3O3/c1-4-6-16-26(19-22-14-10-15-25(22)3)23(28)20-27(17-11-18-30-5-2)24(29)21-12-8-7-9-13-21/h7-10,12-15H,4-6,11,16-20H2,1-3H3. The summed E-state index contributed by atoms with van der Waals surface area (Å²) in [5, 5.41) is 0. The van der Waals surface area contributed by atoms with Crippen molar-refractivity contribution in [2.24, 2.45) is 7.05 Å². The number of amides is 2. The number of benzene rings is 1. The maximum absolute atomic E-state index is 13.2. The minimum atomic E-state index is -0.116. The van der Waals surface area contributed by atoms with E-state index in [4.69, 9.17) is 4.74 Å². The summed E-state index contributed by atoms with van der Waals surface area (Å²) in [5.41, 5.74) is 1.68. The number of aryl methyl sites for hydroxylation is 1. The van der Waals surface area contributed by atoms with Gasteiger partial charge in [0.05, 0.1) is 6.54 Å². The van der Waals surface area contributed by atoms with Gasteiger partial charge in [0.15, 0.2) is 0 Å². The summed E-state index contributed by atoms with van der Waals surface area (Å²) in [5.74, 6) is -0.139. The Morgan fingerprint density at radius 2 is 1.70 bits per heavy atom. The van der Waals surface area contributed by atoms with E-state index in [2.05, 4.69) is 6.92 Å². The predicted octanol–water partition coefficient (Wildman–Crippen LogP) is 3.72. The topological polar surface area (TPSA) is 54.8 Å². The third-order valence-electron chi connectivity index (χ3n) is 5.09. The van der Waals surface area contributed by atoms with Gasteiger partial charge >= 0.3 is 0 Å². The first-order valence-corrected chi connectivity index (χ1v) is 10.9. The Balaban J connectivity index is 2.11. The lowest BCUT2D eigenvalue weighted by Gasteiger charge is -2.28. The van der Waals surface area contributed by atoms with E-state index in [-0.39, 0.29) is 18.4 Å². The third-order valence-corrected chi connectivity index (χ3v) is 5.09. The highest BCUT2D eigenvalue weighted by molar-refractivity contribution is 5.96. The molecule has 0 radical (unpaired) electrons. The lowest BCUT2D eigenvalue weighted by Crippen LogP contribution is -2.43. The largest absolute Gasteiger partial charge is 0.382 e. The molecule has 2 amide bonds. The summed E-state index contributed by atoms with van der Waals surface area (Å²) in [6, 6.07) is 13.2. The van der Waals surface area contributed by atoms with Gasteiger partial charge in [-0.15, -0.1) is 0 Å². The van der Waals surface area contributed by atoms with Crippen LogP contribution in [0.3, 0.4) is 0 Å². The van der Waals surface area contributed by atoms with Crippen LogP contribution in [0.5, 0.6) is 0 Å². The lowest BCUT2D eigenvalue weighted by atomic mass is 10.2. The Kier molecular flexibility index (Phi) is 10.1. The van der Waals surface area contributed by atoms with Gasteiger partial charge in [0, 0.05) is 50.8 Å². The normalized spacial score (nSPS) is 10.8. The molecule has 6 heteroatoms. The van der Waals surface area contributed by atoms with Crippen molar-refractivity contribution in [2.75, 3.05) is 32.8 Å². The fourth-order valence-corrected chi connectivity index (χ4v) is 3.28. The van der Waals surface area contributed by atoms with E-state index < -0.39 is 0 Å². The fourth-order valence-electron chi connectivity index (χ4n) is 3.28. The van der Waals surface area contributed by atoms with Gasteiger partial charge in [-0.25, -0.2) is 0 Å². The number of rotatable bonds is 13. The van der Waals surface area contributed by atoms with E-state index in [9.17, 15) is 9.59 Å². The molecule has 0 spiro atoms. The molecule has 2 aromatic rings. The zero-order valence-electron chi connectivity index (χ0n) is 18.5. The molecule has 6 nitrogen and oxygen atoms in total. The first kappa shape index (κ1) is 23.7. The van der Waals surface area contributed by atoms with Crippen molar-refractivity contribution < 1.29 is 14.3 Å². The Morgan fingerprint density at radius 1 is 0.967 bits per heavy atom. The van der Waals surface area contributed by atoms with Crippen molar-refractivity contribution in [1.82, 2.24) is 14.4 Å². The van der Waals surface area contributed by atoms with Gasteiger partial charge in [-0.2, -0.15) is 0 Å². The molecule has 1 aromatic carbocycles. The highest BCUT2D eigenvalue weighted by Crippen LogP contribution is 2.11. The van der Waals surface area contributed by atoms with Crippen LogP contribution < -0.4 is 0 Å². The van der Waals surface area contributed by atoms with Crippen LogP contribution >= 0.6 is 0 Å². The first-order valence-electron chi connectivity index (χ1n) is 10.9. The van der Waals surface area contributed by atoms with Gasteiger partial charge in [-0.05, 0) is 44.0 Å². The molecule has 0 saturated heterocycles. The molecule has 0 fully saturated rings. The Bertz CT molecular complexity index is 773. The molecule has 2 rings (SSSR count). The van der Waals surface area contributed by atoms with Crippen LogP contribution in [0.4, 0.5) is 0 Å². The van der Waals surface area contributed by atoms with Crippen molar-refractivity contribution in [1.29, 1.82) is 0 Å². The monoisotopic (exact) mass is 413 g/mol. The molecule has 0 N–H and O–H groups in total. The number of hydrogen-bond acceptors (Lipinski definition) is 3. The first-order chi connectivity index (χ1) is 14.6. The highest BCUT2D eigenvalue weighted by atomic mass is 16.5. The van der Waals surface area contributed by atoms with E-state index >= 15 is 0 Å². The van der Waals surface area contributed by atoms with Crippen LogP contribution in [0.1, 0.15) is 49.2 Å². The number of aromatic nitrogens is 1. The van der Waals surface area contributed by atoms with Crippen molar-refractivity contribution in [2.45, 2.75) is 39.7 Å². The van der Waals surface area contributed by atoms with Gasteiger partial charge in [0.25, 0.3) is 5.91 Å². The van der Waals surface area contributed by atoms with E-state index in [1.807, 2.05) is 60.0 Å². The predicted molar refractivity (Wildman–Crippen MR) is 119 cm³/mol. The molecular formula is C24H35N3O3. The molecule has 0 unspecified atom stereocenters. The fraction of sp³-hybridized carbons (Fsp3) is 0.500. The Morgan fingerprint density at radius 3 is 2.33 bits per heavy atom. The minimum absolute atomic E-state index is 0.0228. The van der Waals surface area contributed by atoms with Gasteiger partial charge in [0.2, 0.25) is 5.91 Å². The number of carbonyl (C=O) groups is 2. The Labute approximate surface area is 180 Å². The molecule has 1 aromatic heterocycles. The molecular weight excluding hydrogens is 378 g/mol. The molecule has 164 valence electrons. The SMILES string of the molecule is CCCCN(Cc1cccn1C)C(=O)CN(CCCOCC)C(=O)c1ccccc1. The van der Waals surface area contributed by atoms with Crippen LogP contribution in [-0.2, 0) is 23.1 Å². The third kappa shape index (κ3) is 7.34. The van der Waals surface area contributed by atoms with Gasteiger partial charge in [0.1, 0.15) is 6.54 Å². The van der Waals surface area contributed by atoms with E-state index in [0.717, 1.165) is 18.5 Å². The average molecular weight is 414 g/mol. The van der Waals surface area contributed by atoms with Crippen LogP contribution in [0, 0.1) is 0 Å². The van der Waals surface area contributed by atoms with Crippen LogP contribution in [0.15, 0.2) is 48.7 Å².